The average molecular weight is 391 g/mol. The largest absolute Gasteiger partial charge is 0.495 e. The van der Waals surface area contributed by atoms with Gasteiger partial charge in [-0.05, 0) is 36.1 Å². The maximum atomic E-state index is 6.52. The minimum absolute atomic E-state index is 0.227. The average Bonchev–Trinajstić information content (AvgIpc) is 3.04. The number of ether oxygens (including phenoxy) is 1. The van der Waals surface area contributed by atoms with Gasteiger partial charge in [0.05, 0.1) is 18.8 Å². The third-order valence-electron chi connectivity index (χ3n) is 4.89. The normalized spacial score (nSPS) is 24.7. The number of benzene rings is 2. The molecule has 1 aliphatic carbocycles. The summed E-state index contributed by atoms with van der Waals surface area (Å²) in [7, 11) is 1.70. The second kappa shape index (κ2) is 5.88. The van der Waals surface area contributed by atoms with Gasteiger partial charge < -0.3 is 10.1 Å². The lowest BCUT2D eigenvalue weighted by atomic mass is 9.77. The fourth-order valence-corrected chi connectivity index (χ4v) is 4.66. The van der Waals surface area contributed by atoms with Crippen molar-refractivity contribution in [3.63, 3.8) is 0 Å². The SMILES string of the molecule is COc1ccc(Cl)c2c1N[C@H](c1ccccc1Br)[C@H]1CC=C[C@@H]21. The van der Waals surface area contributed by atoms with Gasteiger partial charge in [0.2, 0.25) is 0 Å². The van der Waals surface area contributed by atoms with E-state index in [1.807, 2.05) is 18.2 Å². The minimum atomic E-state index is 0.227. The number of allylic oxidation sites excluding steroid dienone is 2. The van der Waals surface area contributed by atoms with Crippen LogP contribution in [0.2, 0.25) is 5.02 Å². The molecule has 2 aliphatic rings. The van der Waals surface area contributed by atoms with Crippen LogP contribution in [0, 0.1) is 5.92 Å². The van der Waals surface area contributed by atoms with E-state index in [-0.39, 0.29) is 6.04 Å². The third kappa shape index (κ3) is 2.38. The van der Waals surface area contributed by atoms with Crippen molar-refractivity contribution >= 4 is 33.2 Å². The van der Waals surface area contributed by atoms with Gasteiger partial charge in [0.15, 0.2) is 0 Å². The Balaban J connectivity index is 1.88. The summed E-state index contributed by atoms with van der Waals surface area (Å²) in [5.41, 5.74) is 3.46. The van der Waals surface area contributed by atoms with Gasteiger partial charge >= 0.3 is 0 Å². The number of hydrogen-bond donors (Lipinski definition) is 1. The Morgan fingerprint density at radius 3 is 2.83 bits per heavy atom. The summed E-state index contributed by atoms with van der Waals surface area (Å²) in [6, 6.07) is 12.5. The van der Waals surface area contributed by atoms with Crippen molar-refractivity contribution in [1.82, 2.24) is 0 Å². The molecule has 2 aromatic carbocycles. The zero-order valence-electron chi connectivity index (χ0n) is 12.7. The molecule has 3 atom stereocenters. The molecule has 0 unspecified atom stereocenters. The molecule has 1 N–H and O–H groups in total. The van der Waals surface area contributed by atoms with Crippen molar-refractivity contribution in [2.75, 3.05) is 12.4 Å². The first kappa shape index (κ1) is 15.1. The monoisotopic (exact) mass is 389 g/mol. The molecule has 1 heterocycles. The van der Waals surface area contributed by atoms with Crippen LogP contribution in [0.25, 0.3) is 0 Å². The quantitative estimate of drug-likeness (QED) is 0.641. The van der Waals surface area contributed by atoms with Crippen LogP contribution in [-0.2, 0) is 0 Å². The Kier molecular flexibility index (Phi) is 3.86. The first-order valence-electron chi connectivity index (χ1n) is 7.74. The number of anilines is 1. The van der Waals surface area contributed by atoms with Crippen molar-refractivity contribution in [2.24, 2.45) is 5.92 Å². The zero-order chi connectivity index (χ0) is 16.0. The van der Waals surface area contributed by atoms with Crippen LogP contribution in [-0.4, -0.2) is 7.11 Å². The predicted octanol–water partition coefficient (Wildman–Crippen LogP) is 5.94. The van der Waals surface area contributed by atoms with Gasteiger partial charge in [-0.1, -0.05) is 57.9 Å². The van der Waals surface area contributed by atoms with E-state index in [4.69, 9.17) is 16.3 Å². The van der Waals surface area contributed by atoms with Crippen LogP contribution >= 0.6 is 27.5 Å². The van der Waals surface area contributed by atoms with Crippen molar-refractivity contribution in [3.05, 3.63) is 69.2 Å². The van der Waals surface area contributed by atoms with Crippen LogP contribution in [0.1, 0.15) is 29.5 Å². The van der Waals surface area contributed by atoms with Gasteiger partial charge in [-0.25, -0.2) is 0 Å². The summed E-state index contributed by atoms with van der Waals surface area (Å²) in [5, 5.41) is 4.51. The Morgan fingerprint density at radius 1 is 1.22 bits per heavy atom. The maximum absolute atomic E-state index is 6.52. The first-order chi connectivity index (χ1) is 11.2. The van der Waals surface area contributed by atoms with Crippen molar-refractivity contribution in [3.8, 4) is 5.75 Å². The molecule has 4 rings (SSSR count). The molecular weight excluding hydrogens is 374 g/mol. The van der Waals surface area contributed by atoms with E-state index in [2.05, 4.69) is 51.6 Å². The fraction of sp³-hybridized carbons (Fsp3) is 0.263. The van der Waals surface area contributed by atoms with Crippen LogP contribution < -0.4 is 10.1 Å². The molecule has 118 valence electrons. The lowest BCUT2D eigenvalue weighted by molar-refractivity contribution is 0.397. The van der Waals surface area contributed by atoms with E-state index in [1.165, 1.54) is 5.56 Å². The first-order valence-corrected chi connectivity index (χ1v) is 8.92. The molecular formula is C19H17BrClNO. The predicted molar refractivity (Wildman–Crippen MR) is 98.5 cm³/mol. The topological polar surface area (TPSA) is 21.3 Å². The molecule has 0 fully saturated rings. The molecule has 4 heteroatoms. The smallest absolute Gasteiger partial charge is 0.142 e. The summed E-state index contributed by atoms with van der Waals surface area (Å²) in [6.07, 6.45) is 5.61. The van der Waals surface area contributed by atoms with Gasteiger partial charge in [-0.2, -0.15) is 0 Å². The van der Waals surface area contributed by atoms with E-state index in [0.717, 1.165) is 32.9 Å². The molecule has 23 heavy (non-hydrogen) atoms. The van der Waals surface area contributed by atoms with Gasteiger partial charge in [0, 0.05) is 21.0 Å². The highest BCUT2D eigenvalue weighted by atomic mass is 79.9. The van der Waals surface area contributed by atoms with Gasteiger partial charge in [0.1, 0.15) is 5.75 Å². The molecule has 1 aliphatic heterocycles. The molecule has 2 nitrogen and oxygen atoms in total. The molecule has 0 bridgehead atoms. The maximum Gasteiger partial charge on any atom is 0.142 e. The second-order valence-corrected chi connectivity index (χ2v) is 7.30. The molecule has 0 saturated carbocycles. The Labute approximate surface area is 149 Å². The van der Waals surface area contributed by atoms with E-state index >= 15 is 0 Å². The number of hydrogen-bond acceptors (Lipinski definition) is 2. The highest BCUT2D eigenvalue weighted by molar-refractivity contribution is 9.10. The second-order valence-electron chi connectivity index (χ2n) is 6.04. The number of methoxy groups -OCH3 is 1. The summed E-state index contributed by atoms with van der Waals surface area (Å²) >= 11 is 10.2. The molecule has 0 saturated heterocycles. The molecule has 2 aromatic rings. The third-order valence-corrected chi connectivity index (χ3v) is 5.94. The van der Waals surface area contributed by atoms with Gasteiger partial charge in [-0.3, -0.25) is 0 Å². The molecule has 0 aromatic heterocycles. The highest BCUT2D eigenvalue weighted by Crippen LogP contribution is 2.54. The number of nitrogens with one attached hydrogen (secondary N) is 1. The van der Waals surface area contributed by atoms with Crippen molar-refractivity contribution in [1.29, 1.82) is 0 Å². The fourth-order valence-electron chi connectivity index (χ4n) is 3.84. The van der Waals surface area contributed by atoms with Crippen LogP contribution in [0.15, 0.2) is 53.0 Å². The summed E-state index contributed by atoms with van der Waals surface area (Å²) in [4.78, 5) is 0. The summed E-state index contributed by atoms with van der Waals surface area (Å²) in [5.74, 6) is 1.64. The van der Waals surface area contributed by atoms with Gasteiger partial charge in [0.25, 0.3) is 0 Å². The molecule has 0 spiro atoms. The lowest BCUT2D eigenvalue weighted by Gasteiger charge is -2.39. The Bertz CT molecular complexity index is 789. The number of rotatable bonds is 2. The zero-order valence-corrected chi connectivity index (χ0v) is 15.1. The van der Waals surface area contributed by atoms with Gasteiger partial charge in [-0.15, -0.1) is 0 Å². The highest BCUT2D eigenvalue weighted by Gasteiger charge is 2.40. The van der Waals surface area contributed by atoms with E-state index in [9.17, 15) is 0 Å². The molecule has 0 amide bonds. The Hall–Kier alpha value is -1.45. The van der Waals surface area contributed by atoms with E-state index in [0.29, 0.717) is 11.8 Å². The Morgan fingerprint density at radius 2 is 2.04 bits per heavy atom. The lowest BCUT2D eigenvalue weighted by Crippen LogP contribution is -2.29. The molecule has 0 radical (unpaired) electrons. The van der Waals surface area contributed by atoms with Crippen LogP contribution in [0.5, 0.6) is 5.75 Å². The van der Waals surface area contributed by atoms with Crippen LogP contribution in [0.4, 0.5) is 5.69 Å². The van der Waals surface area contributed by atoms with Crippen LogP contribution in [0.3, 0.4) is 0 Å². The van der Waals surface area contributed by atoms with Crippen molar-refractivity contribution in [2.45, 2.75) is 18.4 Å². The van der Waals surface area contributed by atoms with E-state index in [1.54, 1.807) is 7.11 Å². The summed E-state index contributed by atoms with van der Waals surface area (Å²) in [6.45, 7) is 0. The number of halogens is 2. The summed E-state index contributed by atoms with van der Waals surface area (Å²) < 4.78 is 6.71. The van der Waals surface area contributed by atoms with Crippen molar-refractivity contribution < 1.29 is 4.74 Å². The minimum Gasteiger partial charge on any atom is -0.495 e. The standard InChI is InChI=1S/C19H17BrClNO/c1-23-16-10-9-15(21)17-11-6-4-7-12(11)18(22-19(16)17)13-5-2-3-8-14(13)20/h2-6,8-12,18,22H,7H2,1H3/t11-,12+,18+/m1/s1. The van der Waals surface area contributed by atoms with E-state index < -0.39 is 0 Å². The number of fused-ring (bicyclic) bond motifs is 3.